The van der Waals surface area contributed by atoms with Crippen molar-refractivity contribution in [3.05, 3.63) is 54.4 Å². The van der Waals surface area contributed by atoms with Gasteiger partial charge in [-0.2, -0.15) is 4.31 Å². The maximum atomic E-state index is 11.9. The average Bonchev–Trinajstić information content (AvgIpc) is 2.66. The van der Waals surface area contributed by atoms with Crippen molar-refractivity contribution in [3.8, 4) is 11.5 Å². The minimum Gasteiger partial charge on any atom is -0.493 e. The van der Waals surface area contributed by atoms with Crippen LogP contribution in [0.2, 0.25) is 0 Å². The predicted molar refractivity (Wildman–Crippen MR) is 101 cm³/mol. The number of benzene rings is 1. The number of carbonyl (C=O) groups excluding carboxylic acids is 1. The first-order chi connectivity index (χ1) is 12.9. The topological polar surface area (TPSA) is 97.8 Å². The molecule has 0 radical (unpaired) electrons. The van der Waals surface area contributed by atoms with Crippen LogP contribution in [0, 0.1) is 0 Å². The highest BCUT2D eigenvalue weighted by Gasteiger charge is 2.17. The van der Waals surface area contributed by atoms with Crippen molar-refractivity contribution < 1.29 is 22.7 Å². The summed E-state index contributed by atoms with van der Waals surface area (Å²) in [5, 5.41) is 2.65. The van der Waals surface area contributed by atoms with E-state index in [1.807, 2.05) is 0 Å². The van der Waals surface area contributed by atoms with E-state index in [4.69, 9.17) is 9.47 Å². The van der Waals surface area contributed by atoms with Gasteiger partial charge in [0.2, 0.25) is 10.0 Å². The molecule has 2 aromatic rings. The van der Waals surface area contributed by atoms with Crippen LogP contribution in [-0.2, 0) is 21.4 Å². The maximum absolute atomic E-state index is 11.9. The van der Waals surface area contributed by atoms with Crippen LogP contribution in [-0.4, -0.2) is 56.7 Å². The van der Waals surface area contributed by atoms with E-state index in [-0.39, 0.29) is 32.1 Å². The summed E-state index contributed by atoms with van der Waals surface area (Å²) in [6.07, 6.45) is 2.73. The van der Waals surface area contributed by atoms with Crippen LogP contribution < -0.4 is 14.8 Å². The number of sulfonamides is 1. The number of amides is 1. The van der Waals surface area contributed by atoms with Crippen molar-refractivity contribution in [1.29, 1.82) is 0 Å². The van der Waals surface area contributed by atoms with Crippen molar-refractivity contribution >= 4 is 15.9 Å². The van der Waals surface area contributed by atoms with E-state index in [0.717, 1.165) is 6.26 Å². The highest BCUT2D eigenvalue weighted by Crippen LogP contribution is 2.25. The van der Waals surface area contributed by atoms with Gasteiger partial charge in [-0.05, 0) is 24.3 Å². The van der Waals surface area contributed by atoms with Gasteiger partial charge in [-0.15, -0.1) is 0 Å². The van der Waals surface area contributed by atoms with Crippen LogP contribution in [0.1, 0.15) is 5.69 Å². The number of para-hydroxylation sites is 2. The summed E-state index contributed by atoms with van der Waals surface area (Å²) in [7, 11) is -1.91. The van der Waals surface area contributed by atoms with Gasteiger partial charge in [0.15, 0.2) is 18.1 Å². The van der Waals surface area contributed by atoms with E-state index in [0.29, 0.717) is 17.2 Å². The van der Waals surface area contributed by atoms with Crippen LogP contribution in [0.15, 0.2) is 48.7 Å². The molecule has 0 atom stereocenters. The second-order valence-corrected chi connectivity index (χ2v) is 7.69. The van der Waals surface area contributed by atoms with Gasteiger partial charge in [-0.3, -0.25) is 9.78 Å². The first kappa shape index (κ1) is 20.7. The summed E-state index contributed by atoms with van der Waals surface area (Å²) in [6.45, 7) is 0.247. The van der Waals surface area contributed by atoms with Gasteiger partial charge in [0, 0.05) is 19.3 Å². The molecule has 2 rings (SSSR count). The summed E-state index contributed by atoms with van der Waals surface area (Å²) in [5.41, 5.74) is 0.633. The molecule has 146 valence electrons. The third kappa shape index (κ3) is 6.87. The molecule has 1 aromatic carbocycles. The van der Waals surface area contributed by atoms with Crippen LogP contribution in [0.4, 0.5) is 0 Å². The van der Waals surface area contributed by atoms with E-state index in [2.05, 4.69) is 10.3 Å². The number of hydrogen-bond donors (Lipinski definition) is 1. The molecule has 1 aromatic heterocycles. The van der Waals surface area contributed by atoms with Gasteiger partial charge < -0.3 is 14.8 Å². The number of hydrogen-bond acceptors (Lipinski definition) is 6. The number of nitrogens with one attached hydrogen (secondary N) is 1. The highest BCUT2D eigenvalue weighted by molar-refractivity contribution is 7.88. The summed E-state index contributed by atoms with van der Waals surface area (Å²) in [6, 6.07) is 12.3. The zero-order chi connectivity index (χ0) is 19.7. The maximum Gasteiger partial charge on any atom is 0.257 e. The zero-order valence-corrected chi connectivity index (χ0v) is 16.1. The van der Waals surface area contributed by atoms with Crippen molar-refractivity contribution in [1.82, 2.24) is 14.6 Å². The second-order valence-electron chi connectivity index (χ2n) is 5.71. The lowest BCUT2D eigenvalue weighted by Crippen LogP contribution is -2.39. The monoisotopic (exact) mass is 393 g/mol. The Morgan fingerprint density at radius 3 is 2.48 bits per heavy atom. The lowest BCUT2D eigenvalue weighted by molar-refractivity contribution is -0.123. The molecule has 0 aliphatic heterocycles. The van der Waals surface area contributed by atoms with Gasteiger partial charge >= 0.3 is 0 Å². The molecule has 0 spiro atoms. The molecule has 0 saturated carbocycles. The molecule has 0 saturated heterocycles. The van der Waals surface area contributed by atoms with Crippen LogP contribution in [0.25, 0.3) is 0 Å². The fourth-order valence-electron chi connectivity index (χ4n) is 2.29. The number of methoxy groups -OCH3 is 1. The highest BCUT2D eigenvalue weighted by atomic mass is 32.2. The lowest BCUT2D eigenvalue weighted by Gasteiger charge is -2.19. The Hall–Kier alpha value is -2.65. The summed E-state index contributed by atoms with van der Waals surface area (Å²) in [4.78, 5) is 16.1. The number of nitrogens with zero attached hydrogens (tertiary/aromatic N) is 2. The molecule has 8 nitrogen and oxygen atoms in total. The van der Waals surface area contributed by atoms with E-state index in [1.165, 1.54) is 11.4 Å². The number of ether oxygens (including phenoxy) is 2. The Labute approximate surface area is 159 Å². The van der Waals surface area contributed by atoms with Gasteiger partial charge in [0.25, 0.3) is 5.91 Å². The SMILES string of the molecule is COc1ccccc1OCC(=O)NCCN(Cc1ccccn1)S(C)(=O)=O. The Kier molecular flexibility index (Phi) is 7.56. The molecule has 0 aliphatic carbocycles. The van der Waals surface area contributed by atoms with Crippen molar-refractivity contribution in [2.75, 3.05) is 33.1 Å². The Balaban J connectivity index is 1.82. The molecule has 1 heterocycles. The minimum atomic E-state index is -3.43. The summed E-state index contributed by atoms with van der Waals surface area (Å²) < 4.78 is 35.7. The second kappa shape index (κ2) is 9.89. The van der Waals surface area contributed by atoms with Crippen LogP contribution in [0.5, 0.6) is 11.5 Å². The van der Waals surface area contributed by atoms with E-state index in [1.54, 1.807) is 48.7 Å². The number of rotatable bonds is 10. The van der Waals surface area contributed by atoms with E-state index in [9.17, 15) is 13.2 Å². The predicted octanol–water partition coefficient (Wildman–Crippen LogP) is 1.05. The number of aromatic nitrogens is 1. The molecule has 0 fully saturated rings. The van der Waals surface area contributed by atoms with Gasteiger partial charge in [-0.1, -0.05) is 18.2 Å². The molecule has 1 amide bonds. The van der Waals surface area contributed by atoms with E-state index < -0.39 is 10.0 Å². The number of pyridine rings is 1. The molecule has 0 unspecified atom stereocenters. The molecule has 9 heteroatoms. The molecular weight excluding hydrogens is 370 g/mol. The standard InChI is InChI=1S/C18H23N3O5S/c1-25-16-8-3-4-9-17(16)26-14-18(22)20-11-12-21(27(2,23)24)13-15-7-5-6-10-19-15/h3-10H,11-14H2,1-2H3,(H,20,22). The average molecular weight is 393 g/mol. The van der Waals surface area contributed by atoms with Gasteiger partial charge in [0.1, 0.15) is 0 Å². The first-order valence-electron chi connectivity index (χ1n) is 8.27. The third-order valence-electron chi connectivity index (χ3n) is 3.64. The Morgan fingerprint density at radius 1 is 1.15 bits per heavy atom. The molecule has 0 bridgehead atoms. The molecule has 1 N–H and O–H groups in total. The molecular formula is C18H23N3O5S. The molecule has 27 heavy (non-hydrogen) atoms. The largest absolute Gasteiger partial charge is 0.493 e. The third-order valence-corrected chi connectivity index (χ3v) is 4.89. The fraction of sp³-hybridized carbons (Fsp3) is 0.333. The normalized spacial score (nSPS) is 11.2. The first-order valence-corrected chi connectivity index (χ1v) is 10.1. The Bertz CT molecular complexity index is 843. The Morgan fingerprint density at radius 2 is 1.85 bits per heavy atom. The summed E-state index contributed by atoms with van der Waals surface area (Å²) in [5.74, 6) is 0.638. The fourth-order valence-corrected chi connectivity index (χ4v) is 3.08. The van der Waals surface area contributed by atoms with Crippen LogP contribution in [0.3, 0.4) is 0 Å². The van der Waals surface area contributed by atoms with Gasteiger partial charge in [0.05, 0.1) is 25.6 Å². The quantitative estimate of drug-likeness (QED) is 0.648. The number of carbonyl (C=O) groups is 1. The lowest BCUT2D eigenvalue weighted by atomic mass is 10.3. The zero-order valence-electron chi connectivity index (χ0n) is 15.3. The van der Waals surface area contributed by atoms with Crippen molar-refractivity contribution in [2.24, 2.45) is 0 Å². The van der Waals surface area contributed by atoms with E-state index >= 15 is 0 Å². The van der Waals surface area contributed by atoms with Gasteiger partial charge in [-0.25, -0.2) is 8.42 Å². The minimum absolute atomic E-state index is 0.135. The van der Waals surface area contributed by atoms with Crippen LogP contribution >= 0.6 is 0 Å². The van der Waals surface area contributed by atoms with Crippen molar-refractivity contribution in [3.63, 3.8) is 0 Å². The smallest absolute Gasteiger partial charge is 0.257 e. The summed E-state index contributed by atoms with van der Waals surface area (Å²) >= 11 is 0. The molecule has 0 aliphatic rings. The van der Waals surface area contributed by atoms with Crippen molar-refractivity contribution in [2.45, 2.75) is 6.54 Å².